The summed E-state index contributed by atoms with van der Waals surface area (Å²) in [6.45, 7) is 3.26. The van der Waals surface area contributed by atoms with Crippen molar-refractivity contribution in [2.75, 3.05) is 19.7 Å². The molecule has 1 aliphatic rings. The van der Waals surface area contributed by atoms with E-state index in [2.05, 4.69) is 0 Å². The monoisotopic (exact) mass is 266 g/mol. The summed E-state index contributed by atoms with van der Waals surface area (Å²) >= 11 is 0. The number of benzene rings is 1. The van der Waals surface area contributed by atoms with Crippen molar-refractivity contribution in [3.63, 3.8) is 0 Å². The minimum atomic E-state index is -0.341. The van der Waals surface area contributed by atoms with Crippen molar-refractivity contribution >= 4 is 5.91 Å². The quantitative estimate of drug-likeness (QED) is 0.886. The van der Waals surface area contributed by atoms with Crippen molar-refractivity contribution in [2.24, 2.45) is 5.73 Å². The van der Waals surface area contributed by atoms with Gasteiger partial charge in [0, 0.05) is 13.1 Å². The van der Waals surface area contributed by atoms with E-state index in [4.69, 9.17) is 10.5 Å². The van der Waals surface area contributed by atoms with Crippen LogP contribution in [0, 0.1) is 5.82 Å². The number of carbonyl (C=O) groups is 1. The number of hydrogen-bond donors (Lipinski definition) is 1. The Morgan fingerprint density at radius 1 is 1.53 bits per heavy atom. The Labute approximate surface area is 112 Å². The molecule has 0 saturated carbocycles. The fraction of sp³-hybridized carbons (Fsp3) is 0.500. The number of nitrogens with zero attached hydrogens (tertiary/aromatic N) is 1. The molecule has 1 amide bonds. The molecular formula is C14H19FN2O2. The average molecular weight is 266 g/mol. The van der Waals surface area contributed by atoms with Gasteiger partial charge in [-0.15, -0.1) is 0 Å². The summed E-state index contributed by atoms with van der Waals surface area (Å²) in [6.07, 6.45) is -0.0466. The number of morpholine rings is 1. The lowest BCUT2D eigenvalue weighted by atomic mass is 10.1. The molecule has 19 heavy (non-hydrogen) atoms. The summed E-state index contributed by atoms with van der Waals surface area (Å²) < 4.78 is 19.0. The van der Waals surface area contributed by atoms with E-state index in [1.807, 2.05) is 6.92 Å². The molecule has 1 saturated heterocycles. The molecule has 0 bridgehead atoms. The fourth-order valence-electron chi connectivity index (χ4n) is 2.21. The van der Waals surface area contributed by atoms with Crippen molar-refractivity contribution in [1.29, 1.82) is 0 Å². The molecule has 1 aliphatic heterocycles. The number of ether oxygens (including phenoxy) is 1. The highest BCUT2D eigenvalue weighted by Crippen LogP contribution is 2.15. The molecule has 2 rings (SSSR count). The van der Waals surface area contributed by atoms with Gasteiger partial charge in [-0.3, -0.25) is 4.79 Å². The molecule has 2 N–H and O–H groups in total. The molecule has 0 radical (unpaired) electrons. The molecule has 4 nitrogen and oxygen atoms in total. The summed E-state index contributed by atoms with van der Waals surface area (Å²) in [5.74, 6) is -0.425. The van der Waals surface area contributed by atoms with Gasteiger partial charge < -0.3 is 15.4 Å². The molecule has 1 aromatic rings. The van der Waals surface area contributed by atoms with Crippen LogP contribution in [-0.4, -0.2) is 42.6 Å². The van der Waals surface area contributed by atoms with Crippen molar-refractivity contribution in [2.45, 2.75) is 25.5 Å². The van der Waals surface area contributed by atoms with Gasteiger partial charge in [0.05, 0.1) is 25.2 Å². The summed E-state index contributed by atoms with van der Waals surface area (Å²) in [7, 11) is 0. The maximum atomic E-state index is 13.5. The van der Waals surface area contributed by atoms with Crippen LogP contribution in [0.4, 0.5) is 4.39 Å². The van der Waals surface area contributed by atoms with Crippen LogP contribution >= 0.6 is 0 Å². The zero-order valence-corrected chi connectivity index (χ0v) is 11.0. The van der Waals surface area contributed by atoms with Crippen LogP contribution in [0.2, 0.25) is 0 Å². The second-order valence-corrected chi connectivity index (χ2v) is 4.85. The van der Waals surface area contributed by atoms with E-state index < -0.39 is 0 Å². The van der Waals surface area contributed by atoms with Crippen molar-refractivity contribution in [3.05, 3.63) is 35.6 Å². The number of amides is 1. The Balaban J connectivity index is 2.04. The summed E-state index contributed by atoms with van der Waals surface area (Å²) in [5, 5.41) is 0. The molecule has 0 aromatic heterocycles. The lowest BCUT2D eigenvalue weighted by Crippen LogP contribution is -2.53. The summed E-state index contributed by atoms with van der Waals surface area (Å²) in [4.78, 5) is 14.0. The Kier molecular flexibility index (Phi) is 4.50. The Morgan fingerprint density at radius 2 is 2.26 bits per heavy atom. The predicted molar refractivity (Wildman–Crippen MR) is 70.1 cm³/mol. The van der Waals surface area contributed by atoms with Crippen LogP contribution in [0.3, 0.4) is 0 Å². The Hall–Kier alpha value is -1.46. The topological polar surface area (TPSA) is 55.6 Å². The van der Waals surface area contributed by atoms with Gasteiger partial charge in [0.2, 0.25) is 5.91 Å². The van der Waals surface area contributed by atoms with E-state index in [-0.39, 0.29) is 30.3 Å². The number of carbonyl (C=O) groups excluding carboxylic acids is 1. The van der Waals surface area contributed by atoms with E-state index in [0.29, 0.717) is 25.3 Å². The van der Waals surface area contributed by atoms with Crippen molar-refractivity contribution in [1.82, 2.24) is 4.90 Å². The molecule has 0 aliphatic carbocycles. The largest absolute Gasteiger partial charge is 0.373 e. The highest BCUT2D eigenvalue weighted by Gasteiger charge is 2.29. The zero-order valence-electron chi connectivity index (χ0n) is 11.0. The van der Waals surface area contributed by atoms with Gasteiger partial charge >= 0.3 is 0 Å². The van der Waals surface area contributed by atoms with Gasteiger partial charge in [-0.05, 0) is 18.6 Å². The van der Waals surface area contributed by atoms with E-state index in [0.717, 1.165) is 0 Å². The average Bonchev–Trinajstić information content (AvgIpc) is 2.42. The Morgan fingerprint density at radius 3 is 2.95 bits per heavy atom. The molecule has 0 spiro atoms. The first kappa shape index (κ1) is 14.0. The van der Waals surface area contributed by atoms with Gasteiger partial charge in [0.25, 0.3) is 0 Å². The van der Waals surface area contributed by atoms with Crippen LogP contribution in [0.1, 0.15) is 12.5 Å². The number of halogens is 1. The van der Waals surface area contributed by atoms with Gasteiger partial charge in [-0.1, -0.05) is 18.2 Å². The molecule has 2 unspecified atom stereocenters. The molecule has 104 valence electrons. The molecule has 1 fully saturated rings. The third-order valence-electron chi connectivity index (χ3n) is 3.39. The van der Waals surface area contributed by atoms with Gasteiger partial charge in [-0.2, -0.15) is 0 Å². The van der Waals surface area contributed by atoms with E-state index in [1.54, 1.807) is 23.1 Å². The zero-order chi connectivity index (χ0) is 13.8. The highest BCUT2D eigenvalue weighted by atomic mass is 19.1. The Bertz CT molecular complexity index is 453. The van der Waals surface area contributed by atoms with Crippen LogP contribution in [-0.2, 0) is 16.0 Å². The fourth-order valence-corrected chi connectivity index (χ4v) is 2.21. The van der Waals surface area contributed by atoms with Gasteiger partial charge in [0.15, 0.2) is 0 Å². The van der Waals surface area contributed by atoms with Crippen molar-refractivity contribution in [3.8, 4) is 0 Å². The van der Waals surface area contributed by atoms with Crippen LogP contribution in [0.25, 0.3) is 0 Å². The first-order chi connectivity index (χ1) is 9.11. The normalized spacial score (nSPS) is 23.4. The number of hydrogen-bond acceptors (Lipinski definition) is 3. The van der Waals surface area contributed by atoms with Crippen LogP contribution in [0.15, 0.2) is 24.3 Å². The lowest BCUT2D eigenvalue weighted by molar-refractivity contribution is -0.142. The van der Waals surface area contributed by atoms with Crippen LogP contribution < -0.4 is 5.73 Å². The second kappa shape index (κ2) is 6.12. The molecule has 1 heterocycles. The molecule has 1 aromatic carbocycles. The minimum Gasteiger partial charge on any atom is -0.373 e. The minimum absolute atomic E-state index is 0.00192. The third kappa shape index (κ3) is 3.30. The van der Waals surface area contributed by atoms with E-state index >= 15 is 0 Å². The number of nitrogens with two attached hydrogens (primary N) is 1. The molecular weight excluding hydrogens is 247 g/mol. The van der Waals surface area contributed by atoms with Gasteiger partial charge in [0.1, 0.15) is 5.82 Å². The second-order valence-electron chi connectivity index (χ2n) is 4.85. The first-order valence-corrected chi connectivity index (χ1v) is 6.46. The highest BCUT2D eigenvalue weighted by molar-refractivity contribution is 5.79. The maximum Gasteiger partial charge on any atom is 0.227 e. The third-order valence-corrected chi connectivity index (χ3v) is 3.39. The number of rotatable bonds is 3. The maximum absolute atomic E-state index is 13.5. The molecule has 2 atom stereocenters. The standard InChI is InChI=1S/C14H19FN2O2/c1-10-9-19-12(7-16)8-17(10)14(18)6-11-4-2-3-5-13(11)15/h2-5,10,12H,6-9,16H2,1H3. The lowest BCUT2D eigenvalue weighted by Gasteiger charge is -2.37. The smallest absolute Gasteiger partial charge is 0.227 e. The SMILES string of the molecule is CC1COC(CN)CN1C(=O)Cc1ccccc1F. The van der Waals surface area contributed by atoms with E-state index in [1.165, 1.54) is 6.07 Å². The van der Waals surface area contributed by atoms with Gasteiger partial charge in [-0.25, -0.2) is 4.39 Å². The van der Waals surface area contributed by atoms with E-state index in [9.17, 15) is 9.18 Å². The predicted octanol–water partition coefficient (Wildman–Crippen LogP) is 0.943. The first-order valence-electron chi connectivity index (χ1n) is 6.46. The van der Waals surface area contributed by atoms with Crippen molar-refractivity contribution < 1.29 is 13.9 Å². The molecule has 5 heteroatoms. The summed E-state index contributed by atoms with van der Waals surface area (Å²) in [5.41, 5.74) is 5.99. The van der Waals surface area contributed by atoms with Crippen LogP contribution in [0.5, 0.6) is 0 Å². The summed E-state index contributed by atoms with van der Waals surface area (Å²) in [6, 6.07) is 6.36.